The number of nitrogens with zero attached hydrogens (tertiary/aromatic N) is 1. The van der Waals surface area contributed by atoms with Crippen LogP contribution < -0.4 is 10.1 Å². The van der Waals surface area contributed by atoms with Crippen LogP contribution in [0.5, 0.6) is 5.88 Å². The summed E-state index contributed by atoms with van der Waals surface area (Å²) in [4.78, 5) is 4.19. The van der Waals surface area contributed by atoms with Crippen LogP contribution >= 0.6 is 12.4 Å². The molecule has 1 aromatic rings. The number of nitrogens with one attached hydrogen (secondary N) is 1. The van der Waals surface area contributed by atoms with Gasteiger partial charge in [-0.1, -0.05) is 0 Å². The van der Waals surface area contributed by atoms with Crippen molar-refractivity contribution in [3.63, 3.8) is 0 Å². The van der Waals surface area contributed by atoms with Crippen LogP contribution in [0.3, 0.4) is 0 Å². The second-order valence-electron chi connectivity index (χ2n) is 4.50. The van der Waals surface area contributed by atoms with Crippen molar-refractivity contribution in [2.45, 2.75) is 26.2 Å². The first-order chi connectivity index (χ1) is 7.84. The molecule has 0 amide bonds. The molecule has 96 valence electrons. The summed E-state index contributed by atoms with van der Waals surface area (Å²) in [7, 11) is 0. The summed E-state index contributed by atoms with van der Waals surface area (Å²) >= 11 is 0. The summed E-state index contributed by atoms with van der Waals surface area (Å²) in [5.41, 5.74) is 1.20. The van der Waals surface area contributed by atoms with Crippen molar-refractivity contribution in [3.8, 4) is 5.88 Å². The Balaban J connectivity index is 0.00000144. The Morgan fingerprint density at radius 1 is 1.41 bits per heavy atom. The average Bonchev–Trinajstić information content (AvgIpc) is 2.30. The van der Waals surface area contributed by atoms with Gasteiger partial charge in [-0.3, -0.25) is 0 Å². The molecule has 0 atom stereocenters. The fraction of sp³-hybridized carbons (Fsp3) is 0.615. The summed E-state index contributed by atoms with van der Waals surface area (Å²) in [6, 6.07) is 3.97. The summed E-state index contributed by atoms with van der Waals surface area (Å²) in [5, 5.41) is 3.38. The van der Waals surface area contributed by atoms with E-state index >= 15 is 0 Å². The van der Waals surface area contributed by atoms with Gasteiger partial charge in [-0.25, -0.2) is 4.98 Å². The van der Waals surface area contributed by atoms with E-state index in [2.05, 4.69) is 17.2 Å². The number of hydrogen-bond acceptors (Lipinski definition) is 3. The van der Waals surface area contributed by atoms with Crippen molar-refractivity contribution in [2.24, 2.45) is 5.92 Å². The van der Waals surface area contributed by atoms with E-state index in [1.54, 1.807) is 6.20 Å². The van der Waals surface area contributed by atoms with Gasteiger partial charge in [-0.2, -0.15) is 0 Å². The molecule has 1 aliphatic heterocycles. The SMILES string of the molecule is Cc1ccnc(OCCC2CCNCC2)c1.Cl. The molecule has 17 heavy (non-hydrogen) atoms. The van der Waals surface area contributed by atoms with Crippen LogP contribution in [0.15, 0.2) is 18.3 Å². The van der Waals surface area contributed by atoms with Crippen LogP contribution in [0.4, 0.5) is 0 Å². The molecule has 2 rings (SSSR count). The van der Waals surface area contributed by atoms with Crippen LogP contribution in [0, 0.1) is 12.8 Å². The van der Waals surface area contributed by atoms with Crippen LogP contribution in [0.2, 0.25) is 0 Å². The van der Waals surface area contributed by atoms with Gasteiger partial charge in [-0.15, -0.1) is 12.4 Å². The van der Waals surface area contributed by atoms with Crippen molar-refractivity contribution in [1.29, 1.82) is 0 Å². The van der Waals surface area contributed by atoms with E-state index in [0.717, 1.165) is 37.9 Å². The molecule has 1 fully saturated rings. The zero-order chi connectivity index (χ0) is 11.2. The highest BCUT2D eigenvalue weighted by atomic mass is 35.5. The second kappa shape index (κ2) is 7.51. The molecule has 1 N–H and O–H groups in total. The standard InChI is InChI=1S/C13H20N2O.ClH/c1-11-2-8-15-13(10-11)16-9-5-12-3-6-14-7-4-12;/h2,8,10,12,14H,3-7,9H2,1H3;1H. The third-order valence-electron chi connectivity index (χ3n) is 3.13. The fourth-order valence-electron chi connectivity index (χ4n) is 2.09. The maximum absolute atomic E-state index is 5.66. The minimum atomic E-state index is 0. The number of aromatic nitrogens is 1. The Labute approximate surface area is 109 Å². The first-order valence-electron chi connectivity index (χ1n) is 6.11. The molecule has 1 aliphatic rings. The molecule has 0 unspecified atom stereocenters. The monoisotopic (exact) mass is 256 g/mol. The van der Waals surface area contributed by atoms with E-state index in [1.165, 1.54) is 18.4 Å². The van der Waals surface area contributed by atoms with Gasteiger partial charge in [0.25, 0.3) is 0 Å². The lowest BCUT2D eigenvalue weighted by Crippen LogP contribution is -2.28. The molecule has 3 nitrogen and oxygen atoms in total. The van der Waals surface area contributed by atoms with E-state index in [1.807, 2.05) is 12.1 Å². The molecule has 2 heterocycles. The van der Waals surface area contributed by atoms with E-state index in [9.17, 15) is 0 Å². The predicted octanol–water partition coefficient (Wildman–Crippen LogP) is 2.58. The van der Waals surface area contributed by atoms with Crippen molar-refractivity contribution >= 4 is 12.4 Å². The Hall–Kier alpha value is -0.800. The van der Waals surface area contributed by atoms with Crippen LogP contribution in [0.25, 0.3) is 0 Å². The molecule has 0 radical (unpaired) electrons. The van der Waals surface area contributed by atoms with Gasteiger partial charge in [0.15, 0.2) is 0 Å². The van der Waals surface area contributed by atoms with Gasteiger partial charge in [0.2, 0.25) is 5.88 Å². The van der Waals surface area contributed by atoms with Gasteiger partial charge in [0, 0.05) is 12.3 Å². The first kappa shape index (κ1) is 14.3. The molecule has 0 spiro atoms. The summed E-state index contributed by atoms with van der Waals surface area (Å²) in [5.74, 6) is 1.58. The highest BCUT2D eigenvalue weighted by Gasteiger charge is 2.12. The lowest BCUT2D eigenvalue weighted by atomic mass is 9.95. The lowest BCUT2D eigenvalue weighted by Gasteiger charge is -2.22. The van der Waals surface area contributed by atoms with E-state index in [4.69, 9.17) is 4.74 Å². The summed E-state index contributed by atoms with van der Waals surface area (Å²) in [6.07, 6.45) is 5.52. The molecule has 1 aromatic heterocycles. The van der Waals surface area contributed by atoms with Gasteiger partial charge in [0.05, 0.1) is 6.61 Å². The van der Waals surface area contributed by atoms with Crippen molar-refractivity contribution in [3.05, 3.63) is 23.9 Å². The first-order valence-corrected chi connectivity index (χ1v) is 6.11. The number of aryl methyl sites for hydroxylation is 1. The van der Waals surface area contributed by atoms with Crippen molar-refractivity contribution in [2.75, 3.05) is 19.7 Å². The quantitative estimate of drug-likeness (QED) is 0.899. The summed E-state index contributed by atoms with van der Waals surface area (Å²) < 4.78 is 5.66. The maximum atomic E-state index is 5.66. The van der Waals surface area contributed by atoms with E-state index in [-0.39, 0.29) is 12.4 Å². The van der Waals surface area contributed by atoms with E-state index < -0.39 is 0 Å². The summed E-state index contributed by atoms with van der Waals surface area (Å²) in [6.45, 7) is 5.17. The average molecular weight is 257 g/mol. The predicted molar refractivity (Wildman–Crippen MR) is 71.9 cm³/mol. The smallest absolute Gasteiger partial charge is 0.213 e. The van der Waals surface area contributed by atoms with Gasteiger partial charge >= 0.3 is 0 Å². The third kappa shape index (κ3) is 4.92. The zero-order valence-corrected chi connectivity index (χ0v) is 11.1. The number of piperidine rings is 1. The highest BCUT2D eigenvalue weighted by molar-refractivity contribution is 5.85. The zero-order valence-electron chi connectivity index (χ0n) is 10.3. The second-order valence-corrected chi connectivity index (χ2v) is 4.50. The lowest BCUT2D eigenvalue weighted by molar-refractivity contribution is 0.245. The Morgan fingerprint density at radius 2 is 2.18 bits per heavy atom. The number of hydrogen-bond donors (Lipinski definition) is 1. The largest absolute Gasteiger partial charge is 0.478 e. The Kier molecular flexibility index (Phi) is 6.30. The minimum Gasteiger partial charge on any atom is -0.478 e. The number of ether oxygens (including phenoxy) is 1. The minimum absolute atomic E-state index is 0. The molecule has 0 aliphatic carbocycles. The fourth-order valence-corrected chi connectivity index (χ4v) is 2.09. The third-order valence-corrected chi connectivity index (χ3v) is 3.13. The number of pyridine rings is 1. The Bertz CT molecular complexity index is 327. The highest BCUT2D eigenvalue weighted by Crippen LogP contribution is 2.16. The van der Waals surface area contributed by atoms with E-state index in [0.29, 0.717) is 0 Å². The molecular formula is C13H21ClN2O. The normalized spacial score (nSPS) is 16.3. The molecule has 0 bridgehead atoms. The maximum Gasteiger partial charge on any atom is 0.213 e. The van der Waals surface area contributed by atoms with Crippen LogP contribution in [-0.2, 0) is 0 Å². The molecule has 0 saturated carbocycles. The van der Waals surface area contributed by atoms with Gasteiger partial charge in [0.1, 0.15) is 0 Å². The molecule has 4 heteroatoms. The number of rotatable bonds is 4. The number of halogens is 1. The molecular weight excluding hydrogens is 236 g/mol. The van der Waals surface area contributed by atoms with Gasteiger partial charge < -0.3 is 10.1 Å². The van der Waals surface area contributed by atoms with Crippen LogP contribution in [-0.4, -0.2) is 24.7 Å². The topological polar surface area (TPSA) is 34.1 Å². The van der Waals surface area contributed by atoms with Gasteiger partial charge in [-0.05, 0) is 56.8 Å². The Morgan fingerprint density at radius 3 is 2.88 bits per heavy atom. The molecule has 0 aromatic carbocycles. The molecule has 1 saturated heterocycles. The van der Waals surface area contributed by atoms with Crippen molar-refractivity contribution in [1.82, 2.24) is 10.3 Å². The van der Waals surface area contributed by atoms with Crippen LogP contribution in [0.1, 0.15) is 24.8 Å². The van der Waals surface area contributed by atoms with Crippen molar-refractivity contribution < 1.29 is 4.74 Å².